The highest BCUT2D eigenvalue weighted by molar-refractivity contribution is 7.99. The number of aryl methyl sites for hydroxylation is 1. The van der Waals surface area contributed by atoms with Gasteiger partial charge in [-0.15, -0.1) is 0 Å². The first-order chi connectivity index (χ1) is 16.8. The summed E-state index contributed by atoms with van der Waals surface area (Å²) in [6.07, 6.45) is 1.90. The Morgan fingerprint density at radius 2 is 1.94 bits per heavy atom. The summed E-state index contributed by atoms with van der Waals surface area (Å²) in [6, 6.07) is 9.21. The molecule has 2 amide bonds. The molecule has 2 aromatic heterocycles. The maximum atomic E-state index is 12.9. The van der Waals surface area contributed by atoms with Crippen molar-refractivity contribution in [3.63, 3.8) is 0 Å². The van der Waals surface area contributed by atoms with Gasteiger partial charge in [0.15, 0.2) is 22.5 Å². The summed E-state index contributed by atoms with van der Waals surface area (Å²) >= 11 is 1.29. The standard InChI is InChI=1S/C23H29N9O2S/c1-13-12-17(31-30-13)27-20-18(24)19(22(34)25-10-11-32(2)3)28-23(29-20)35-16-8-6-15(7-9-16)26-21(33)14-4-5-14/h6-9,12,14H,4-5,10-11,24H2,1-3H3,(H,25,34)(H,26,33)(H2,27,28,29,30,31). The highest BCUT2D eigenvalue weighted by atomic mass is 32.2. The van der Waals surface area contributed by atoms with Crippen LogP contribution in [-0.2, 0) is 4.79 Å². The predicted octanol–water partition coefficient (Wildman–Crippen LogP) is 2.63. The van der Waals surface area contributed by atoms with Crippen LogP contribution in [0.1, 0.15) is 29.0 Å². The van der Waals surface area contributed by atoms with Crippen molar-refractivity contribution in [1.29, 1.82) is 0 Å². The summed E-state index contributed by atoms with van der Waals surface area (Å²) in [6.45, 7) is 3.01. The van der Waals surface area contributed by atoms with Gasteiger partial charge in [0.05, 0.1) is 0 Å². The van der Waals surface area contributed by atoms with Gasteiger partial charge in [-0.2, -0.15) is 5.10 Å². The Hall–Kier alpha value is -3.64. The number of rotatable bonds is 10. The van der Waals surface area contributed by atoms with Gasteiger partial charge in [-0.25, -0.2) is 9.97 Å². The van der Waals surface area contributed by atoms with E-state index in [0.717, 1.165) is 29.1 Å². The molecule has 1 aromatic carbocycles. The third kappa shape index (κ3) is 6.70. The van der Waals surface area contributed by atoms with Gasteiger partial charge < -0.3 is 26.6 Å². The van der Waals surface area contributed by atoms with E-state index in [4.69, 9.17) is 5.73 Å². The molecule has 11 nitrogen and oxygen atoms in total. The van der Waals surface area contributed by atoms with Gasteiger partial charge in [0.1, 0.15) is 5.69 Å². The average Bonchev–Trinajstić information content (AvgIpc) is 3.59. The van der Waals surface area contributed by atoms with Crippen LogP contribution in [0.2, 0.25) is 0 Å². The summed E-state index contributed by atoms with van der Waals surface area (Å²) in [5.41, 5.74) is 8.11. The van der Waals surface area contributed by atoms with Crippen LogP contribution in [-0.4, -0.2) is 64.1 Å². The lowest BCUT2D eigenvalue weighted by atomic mass is 10.3. The molecule has 1 aliphatic carbocycles. The number of aromatic nitrogens is 4. The maximum Gasteiger partial charge on any atom is 0.272 e. The smallest absolute Gasteiger partial charge is 0.272 e. The van der Waals surface area contributed by atoms with E-state index in [2.05, 4.69) is 36.1 Å². The van der Waals surface area contributed by atoms with Crippen molar-refractivity contribution in [1.82, 2.24) is 30.4 Å². The Morgan fingerprint density at radius 1 is 1.20 bits per heavy atom. The number of nitrogens with two attached hydrogens (primary N) is 1. The van der Waals surface area contributed by atoms with Crippen LogP contribution in [0.4, 0.5) is 23.0 Å². The molecule has 184 valence electrons. The minimum atomic E-state index is -0.381. The van der Waals surface area contributed by atoms with Crippen LogP contribution in [0.25, 0.3) is 0 Å². The van der Waals surface area contributed by atoms with Crippen molar-refractivity contribution in [3.05, 3.63) is 41.7 Å². The second-order valence-electron chi connectivity index (χ2n) is 8.63. The van der Waals surface area contributed by atoms with E-state index in [1.165, 1.54) is 11.8 Å². The van der Waals surface area contributed by atoms with Crippen molar-refractivity contribution in [2.24, 2.45) is 5.92 Å². The molecule has 4 rings (SSSR count). The fraction of sp³-hybridized carbons (Fsp3) is 0.348. The minimum Gasteiger partial charge on any atom is -0.394 e. The van der Waals surface area contributed by atoms with Crippen molar-refractivity contribution in [3.8, 4) is 0 Å². The van der Waals surface area contributed by atoms with Gasteiger partial charge in [0, 0.05) is 41.4 Å². The summed E-state index contributed by atoms with van der Waals surface area (Å²) in [7, 11) is 3.85. The molecule has 12 heteroatoms. The number of likely N-dealkylation sites (N-methyl/N-ethyl adjacent to an activating group) is 1. The largest absolute Gasteiger partial charge is 0.394 e. The Balaban J connectivity index is 1.55. The lowest BCUT2D eigenvalue weighted by molar-refractivity contribution is -0.117. The van der Waals surface area contributed by atoms with Gasteiger partial charge in [-0.05, 0) is 69.9 Å². The van der Waals surface area contributed by atoms with E-state index in [1.807, 2.05) is 50.2 Å². The first kappa shape index (κ1) is 24.5. The van der Waals surface area contributed by atoms with E-state index in [9.17, 15) is 9.59 Å². The number of nitrogen functional groups attached to an aromatic ring is 1. The third-order valence-electron chi connectivity index (χ3n) is 5.22. The topological polar surface area (TPSA) is 154 Å². The normalized spacial score (nSPS) is 13.0. The van der Waals surface area contributed by atoms with Gasteiger partial charge in [0.25, 0.3) is 5.91 Å². The lowest BCUT2D eigenvalue weighted by Crippen LogP contribution is -2.32. The van der Waals surface area contributed by atoms with Crippen molar-refractivity contribution in [2.75, 3.05) is 43.6 Å². The van der Waals surface area contributed by atoms with Crippen LogP contribution in [0.5, 0.6) is 0 Å². The molecule has 2 heterocycles. The first-order valence-corrected chi connectivity index (χ1v) is 12.1. The molecule has 35 heavy (non-hydrogen) atoms. The van der Waals surface area contributed by atoms with Crippen molar-refractivity contribution >= 4 is 46.6 Å². The molecule has 0 radical (unpaired) electrons. The zero-order chi connectivity index (χ0) is 24.9. The summed E-state index contributed by atoms with van der Waals surface area (Å²) < 4.78 is 0. The zero-order valence-electron chi connectivity index (χ0n) is 19.9. The molecule has 6 N–H and O–H groups in total. The molecule has 0 atom stereocenters. The fourth-order valence-corrected chi connectivity index (χ4v) is 3.90. The number of aromatic amines is 1. The second kappa shape index (κ2) is 10.7. The lowest BCUT2D eigenvalue weighted by Gasteiger charge is -2.14. The van der Waals surface area contributed by atoms with Crippen LogP contribution < -0.4 is 21.7 Å². The van der Waals surface area contributed by atoms with E-state index in [0.29, 0.717) is 29.9 Å². The Labute approximate surface area is 207 Å². The molecule has 1 saturated carbocycles. The van der Waals surface area contributed by atoms with Gasteiger partial charge in [-0.3, -0.25) is 14.7 Å². The van der Waals surface area contributed by atoms with Gasteiger partial charge in [0.2, 0.25) is 5.91 Å². The summed E-state index contributed by atoms with van der Waals surface area (Å²) in [5, 5.41) is 16.2. The number of benzene rings is 1. The van der Waals surface area contributed by atoms with Crippen LogP contribution in [0.3, 0.4) is 0 Å². The number of hydrogen-bond acceptors (Lipinski definition) is 9. The maximum absolute atomic E-state index is 12.9. The number of hydrogen-bond donors (Lipinski definition) is 5. The number of carbonyl (C=O) groups is 2. The van der Waals surface area contributed by atoms with Gasteiger partial charge >= 0.3 is 0 Å². The highest BCUT2D eigenvalue weighted by Gasteiger charge is 2.29. The monoisotopic (exact) mass is 495 g/mol. The third-order valence-corrected chi connectivity index (χ3v) is 6.09. The number of nitrogens with zero attached hydrogens (tertiary/aromatic N) is 4. The fourth-order valence-electron chi connectivity index (χ4n) is 3.14. The highest BCUT2D eigenvalue weighted by Crippen LogP contribution is 2.32. The number of nitrogens with one attached hydrogen (secondary N) is 4. The number of amides is 2. The molecule has 0 saturated heterocycles. The summed E-state index contributed by atoms with van der Waals surface area (Å²) in [5.74, 6) is 0.631. The molecule has 1 aliphatic rings. The molecule has 0 spiro atoms. The quantitative estimate of drug-likeness (QED) is 0.267. The number of anilines is 4. The number of H-pyrrole nitrogens is 1. The Bertz CT molecular complexity index is 1210. The van der Waals surface area contributed by atoms with E-state index in [1.54, 1.807) is 6.07 Å². The van der Waals surface area contributed by atoms with Crippen LogP contribution in [0, 0.1) is 12.8 Å². The van der Waals surface area contributed by atoms with E-state index >= 15 is 0 Å². The van der Waals surface area contributed by atoms with Crippen molar-refractivity contribution in [2.45, 2.75) is 29.8 Å². The average molecular weight is 496 g/mol. The molecule has 0 aliphatic heterocycles. The SMILES string of the molecule is Cc1cc(Nc2nc(Sc3ccc(NC(=O)C4CC4)cc3)nc(C(=O)NCCN(C)C)c2N)n[nH]1. The predicted molar refractivity (Wildman–Crippen MR) is 136 cm³/mol. The summed E-state index contributed by atoms with van der Waals surface area (Å²) in [4.78, 5) is 36.6. The van der Waals surface area contributed by atoms with Crippen LogP contribution in [0.15, 0.2) is 40.4 Å². The molecular formula is C23H29N9O2S. The minimum absolute atomic E-state index is 0.0570. The van der Waals surface area contributed by atoms with Crippen molar-refractivity contribution < 1.29 is 9.59 Å². The second-order valence-corrected chi connectivity index (χ2v) is 9.67. The zero-order valence-corrected chi connectivity index (χ0v) is 20.7. The van der Waals surface area contributed by atoms with Gasteiger partial charge in [-0.1, -0.05) is 0 Å². The molecule has 0 unspecified atom stereocenters. The van der Waals surface area contributed by atoms with Crippen LogP contribution >= 0.6 is 11.8 Å². The molecule has 0 bridgehead atoms. The molecule has 3 aromatic rings. The van der Waals surface area contributed by atoms with E-state index in [-0.39, 0.29) is 29.1 Å². The molecular weight excluding hydrogens is 466 g/mol. The molecule has 1 fully saturated rings. The number of carbonyl (C=O) groups excluding carboxylic acids is 2. The Morgan fingerprint density at radius 3 is 2.57 bits per heavy atom. The van der Waals surface area contributed by atoms with E-state index < -0.39 is 0 Å². The Kier molecular flexibility index (Phi) is 7.51. The first-order valence-electron chi connectivity index (χ1n) is 11.3.